The molecule has 3 aliphatic rings. The van der Waals surface area contributed by atoms with Crippen molar-refractivity contribution in [3.63, 3.8) is 0 Å². The minimum Gasteiger partial charge on any atom is -0.402 e. The van der Waals surface area contributed by atoms with E-state index in [1.165, 1.54) is 113 Å². The lowest BCUT2D eigenvalue weighted by Crippen LogP contribution is -2.46. The van der Waals surface area contributed by atoms with E-state index in [1.54, 1.807) is 44.2 Å². The molecule has 3 fully saturated rings. The zero-order valence-corrected chi connectivity index (χ0v) is 41.1. The third-order valence-electron chi connectivity index (χ3n) is 12.8. The minimum atomic E-state index is -4.69. The number of hydrogen-bond donors (Lipinski definition) is 1. The summed E-state index contributed by atoms with van der Waals surface area (Å²) in [7, 11) is -4.69. The number of rotatable bonds is 30. The standard InChI is InChI=1S/C50H65ClFN6O9P/c1-4-5-6-7-8-9-10-11-12-13-14-15-16-17-18-21-28-60-32-38(61-31-37-25-24-36(30-53)29-40(37)52)33-62-68(59,65-42-23-20-19-22-39(42)51)66-45-44-50(45)47(64-48(2,3)67-50)49(34-54,63-44)43-27-26-41-46(55)56-35-57-58(41)43/h19-20,22-27,29,35,38,44-45,47H,4-18,21,28,31-33H2,1-3H3,(H2,55,56,57)/t38-,44-,45?,47+,49+,50+,68?/m1/s1. The van der Waals surface area contributed by atoms with E-state index in [0.29, 0.717) is 17.8 Å². The molecule has 18 heteroatoms. The Morgan fingerprint density at radius 3 is 2.24 bits per heavy atom. The van der Waals surface area contributed by atoms with E-state index in [2.05, 4.69) is 23.1 Å². The molecule has 368 valence electrons. The topological polar surface area (TPSA) is 195 Å². The average Bonchev–Trinajstić information content (AvgIpc) is 3.63. The Morgan fingerprint density at radius 2 is 1.59 bits per heavy atom. The number of benzene rings is 2. The van der Waals surface area contributed by atoms with Gasteiger partial charge in [0.05, 0.1) is 42.2 Å². The molecule has 1 spiro atoms. The van der Waals surface area contributed by atoms with Crippen molar-refractivity contribution in [3.8, 4) is 17.9 Å². The molecule has 0 bridgehead atoms. The van der Waals surface area contributed by atoms with E-state index < -0.39 is 55.0 Å². The number of nitrogens with zero attached hydrogens (tertiary/aromatic N) is 5. The van der Waals surface area contributed by atoms with Gasteiger partial charge in [-0.3, -0.25) is 9.05 Å². The van der Waals surface area contributed by atoms with Crippen LogP contribution in [0.2, 0.25) is 5.02 Å². The normalized spacial score (nSPS) is 23.7. The number of nitrogen functional groups attached to an aromatic ring is 1. The quantitative estimate of drug-likeness (QED) is 0.0383. The van der Waals surface area contributed by atoms with Crippen LogP contribution < -0.4 is 10.3 Å². The Labute approximate surface area is 404 Å². The summed E-state index contributed by atoms with van der Waals surface area (Å²) in [6.07, 6.45) is 17.3. The molecular weight excluding hydrogens is 914 g/mol. The molecule has 2 unspecified atom stereocenters. The number of hydrogen-bond acceptors (Lipinski definition) is 14. The number of halogens is 2. The van der Waals surface area contributed by atoms with Gasteiger partial charge in [0.2, 0.25) is 5.60 Å². The van der Waals surface area contributed by atoms with E-state index in [9.17, 15) is 10.5 Å². The highest BCUT2D eigenvalue weighted by Crippen LogP contribution is 2.70. The zero-order valence-electron chi connectivity index (χ0n) is 39.4. The molecule has 2 aliphatic heterocycles. The van der Waals surface area contributed by atoms with Crippen molar-refractivity contribution >= 4 is 30.8 Å². The number of nitrogens with two attached hydrogens (primary N) is 1. The van der Waals surface area contributed by atoms with Crippen LogP contribution in [0, 0.1) is 28.5 Å². The third kappa shape index (κ3) is 12.2. The highest BCUT2D eigenvalue weighted by molar-refractivity contribution is 7.49. The first-order valence-electron chi connectivity index (χ1n) is 24.2. The lowest BCUT2D eigenvalue weighted by atomic mass is 9.90. The van der Waals surface area contributed by atoms with E-state index >= 15 is 8.96 Å². The maximum atomic E-state index is 15.0. The van der Waals surface area contributed by atoms with Crippen LogP contribution in [0.1, 0.15) is 140 Å². The molecule has 2 saturated heterocycles. The van der Waals surface area contributed by atoms with E-state index in [4.69, 9.17) is 54.6 Å². The summed E-state index contributed by atoms with van der Waals surface area (Å²) in [4.78, 5) is 4.06. The molecule has 7 atom stereocenters. The Kier molecular flexibility index (Phi) is 17.9. The minimum absolute atomic E-state index is 0.0130. The number of ether oxygens (including phenoxy) is 5. The summed E-state index contributed by atoms with van der Waals surface area (Å²) in [5, 5.41) is 24.6. The molecule has 1 aliphatic carbocycles. The number of fused-ring (bicyclic) bond motifs is 1. The van der Waals surface area contributed by atoms with Crippen molar-refractivity contribution in [1.29, 1.82) is 10.5 Å². The first-order chi connectivity index (χ1) is 32.9. The van der Waals surface area contributed by atoms with E-state index in [0.717, 1.165) is 25.3 Å². The van der Waals surface area contributed by atoms with Crippen LogP contribution in [-0.4, -0.2) is 70.2 Å². The fourth-order valence-corrected chi connectivity index (χ4v) is 10.9. The summed E-state index contributed by atoms with van der Waals surface area (Å²) in [6.45, 7) is 5.53. The number of para-hydroxylation sites is 1. The highest BCUT2D eigenvalue weighted by atomic mass is 35.5. The maximum Gasteiger partial charge on any atom is 0.530 e. The maximum absolute atomic E-state index is 15.0. The van der Waals surface area contributed by atoms with Gasteiger partial charge < -0.3 is 33.9 Å². The summed E-state index contributed by atoms with van der Waals surface area (Å²) in [5.74, 6) is -1.62. The van der Waals surface area contributed by atoms with Crippen LogP contribution in [-0.2, 0) is 49.5 Å². The van der Waals surface area contributed by atoms with Crippen LogP contribution in [0.15, 0.2) is 60.9 Å². The van der Waals surface area contributed by atoms with Gasteiger partial charge in [0.25, 0.3) is 0 Å². The molecule has 0 amide bonds. The van der Waals surface area contributed by atoms with Gasteiger partial charge in [0.15, 0.2) is 17.2 Å². The third-order valence-corrected chi connectivity index (χ3v) is 14.5. The Morgan fingerprint density at radius 1 is 0.912 bits per heavy atom. The number of unbranched alkanes of at least 4 members (excludes halogenated alkanes) is 15. The first kappa shape index (κ1) is 51.7. The SMILES string of the molecule is CCCCCCCCCCCCCCCCCCOC[C@H](COP(=O)(Oc1ccccc1Cl)OC1[C@H]2O[C@@](C#N)(c3ccc4c(N)ncnn34)[C@@H]3OC(C)(C)O[C@]123)OCc1ccc(C#N)cc1F. The van der Waals surface area contributed by atoms with Gasteiger partial charge in [-0.1, -0.05) is 133 Å². The number of nitriles is 2. The fourth-order valence-electron chi connectivity index (χ4n) is 9.23. The van der Waals surface area contributed by atoms with Crippen LogP contribution >= 0.6 is 19.4 Å². The highest BCUT2D eigenvalue weighted by Gasteiger charge is 2.89. The van der Waals surface area contributed by atoms with Crippen molar-refractivity contribution < 1.29 is 46.2 Å². The first-order valence-corrected chi connectivity index (χ1v) is 26.0. The van der Waals surface area contributed by atoms with Crippen molar-refractivity contribution in [3.05, 3.63) is 88.6 Å². The molecule has 7 rings (SSSR count). The van der Waals surface area contributed by atoms with Crippen LogP contribution in [0.5, 0.6) is 5.75 Å². The largest absolute Gasteiger partial charge is 0.530 e. The van der Waals surface area contributed by atoms with Crippen molar-refractivity contribution in [2.75, 3.05) is 25.6 Å². The van der Waals surface area contributed by atoms with Crippen molar-refractivity contribution in [2.24, 2.45) is 0 Å². The molecule has 4 heterocycles. The predicted molar refractivity (Wildman–Crippen MR) is 253 cm³/mol. The molecule has 0 radical (unpaired) electrons. The second-order valence-electron chi connectivity index (χ2n) is 18.4. The van der Waals surface area contributed by atoms with Gasteiger partial charge in [0.1, 0.15) is 53.9 Å². The molecule has 2 aromatic heterocycles. The van der Waals surface area contributed by atoms with Gasteiger partial charge >= 0.3 is 7.82 Å². The fraction of sp³-hybridized carbons (Fsp3) is 0.600. The number of phosphoric ester groups is 1. The predicted octanol–water partition coefficient (Wildman–Crippen LogP) is 11.4. The summed E-state index contributed by atoms with van der Waals surface area (Å²) in [5.41, 5.74) is 4.09. The Balaban J connectivity index is 0.977. The lowest BCUT2D eigenvalue weighted by Gasteiger charge is -2.31. The molecule has 1 saturated carbocycles. The number of anilines is 1. The van der Waals surface area contributed by atoms with Gasteiger partial charge in [-0.05, 0) is 56.7 Å². The molecule has 4 aromatic rings. The monoisotopic (exact) mass is 978 g/mol. The van der Waals surface area contributed by atoms with Crippen LogP contribution in [0.25, 0.3) is 5.52 Å². The molecule has 68 heavy (non-hydrogen) atoms. The molecular formula is C50H65ClFN6O9P. The average molecular weight is 980 g/mol. The number of phosphoric acid groups is 1. The summed E-state index contributed by atoms with van der Waals surface area (Å²) >= 11 is 6.50. The number of aromatic nitrogens is 3. The van der Waals surface area contributed by atoms with Crippen LogP contribution in [0.4, 0.5) is 10.2 Å². The van der Waals surface area contributed by atoms with E-state index in [1.807, 2.05) is 6.07 Å². The zero-order chi connectivity index (χ0) is 48.2. The molecule has 2 N–H and O–H groups in total. The van der Waals surface area contributed by atoms with E-state index in [-0.39, 0.29) is 47.5 Å². The van der Waals surface area contributed by atoms with Crippen molar-refractivity contribution in [2.45, 2.75) is 172 Å². The Hall–Kier alpha value is -4.19. The summed E-state index contributed by atoms with van der Waals surface area (Å²) in [6, 6.07) is 18.1. The lowest BCUT2D eigenvalue weighted by molar-refractivity contribution is -0.188. The second-order valence-corrected chi connectivity index (χ2v) is 20.4. The smallest absolute Gasteiger partial charge is 0.402 e. The van der Waals surface area contributed by atoms with Gasteiger partial charge in [-0.2, -0.15) is 15.6 Å². The van der Waals surface area contributed by atoms with Gasteiger partial charge in [-0.15, -0.1) is 0 Å². The molecule has 15 nitrogen and oxygen atoms in total. The Bertz CT molecular complexity index is 2430. The van der Waals surface area contributed by atoms with Gasteiger partial charge in [0, 0.05) is 12.2 Å². The molecule has 2 aromatic carbocycles. The second kappa shape index (κ2) is 23.6. The summed E-state index contributed by atoms with van der Waals surface area (Å²) < 4.78 is 81.5. The van der Waals surface area contributed by atoms with Crippen LogP contribution in [0.3, 0.4) is 0 Å². The van der Waals surface area contributed by atoms with Crippen molar-refractivity contribution in [1.82, 2.24) is 14.6 Å². The van der Waals surface area contributed by atoms with Gasteiger partial charge in [-0.25, -0.2) is 18.5 Å².